The van der Waals surface area contributed by atoms with E-state index >= 15 is 0 Å². The SMILES string of the molecule is CN(Cc1ccccc1)C(=O)Cn1cnc(S(=O)(=O)N2CCOCC2)c1. The van der Waals surface area contributed by atoms with Gasteiger partial charge in [0.2, 0.25) is 5.91 Å². The number of hydrogen-bond donors (Lipinski definition) is 0. The van der Waals surface area contributed by atoms with Crippen LogP contribution in [0.3, 0.4) is 0 Å². The molecule has 0 aliphatic carbocycles. The summed E-state index contributed by atoms with van der Waals surface area (Å²) in [5, 5.41) is -0.0436. The quantitative estimate of drug-likeness (QED) is 0.733. The van der Waals surface area contributed by atoms with Crippen molar-refractivity contribution in [1.29, 1.82) is 0 Å². The Morgan fingerprint density at radius 2 is 1.92 bits per heavy atom. The summed E-state index contributed by atoms with van der Waals surface area (Å²) in [5.41, 5.74) is 1.03. The molecule has 1 aliphatic heterocycles. The van der Waals surface area contributed by atoms with E-state index in [2.05, 4.69) is 4.98 Å². The van der Waals surface area contributed by atoms with E-state index < -0.39 is 10.0 Å². The highest BCUT2D eigenvalue weighted by Crippen LogP contribution is 2.15. The fourth-order valence-electron chi connectivity index (χ4n) is 2.70. The molecule has 0 saturated carbocycles. The molecule has 0 bridgehead atoms. The lowest BCUT2D eigenvalue weighted by molar-refractivity contribution is -0.131. The second kappa shape index (κ2) is 7.98. The molecule has 1 aromatic carbocycles. The van der Waals surface area contributed by atoms with Crippen LogP contribution in [-0.4, -0.2) is 66.4 Å². The maximum Gasteiger partial charge on any atom is 0.262 e. The molecule has 140 valence electrons. The van der Waals surface area contributed by atoms with E-state index in [-0.39, 0.29) is 17.5 Å². The molecule has 0 spiro atoms. The zero-order valence-electron chi connectivity index (χ0n) is 14.6. The molecule has 1 aromatic heterocycles. The van der Waals surface area contributed by atoms with E-state index in [0.717, 1.165) is 5.56 Å². The van der Waals surface area contributed by atoms with Crippen molar-refractivity contribution in [2.75, 3.05) is 33.4 Å². The molecule has 1 aliphatic rings. The smallest absolute Gasteiger partial charge is 0.262 e. The standard InChI is InChI=1S/C17H22N4O4S/c1-19(11-15-5-3-2-4-6-15)17(22)13-20-12-16(18-14-20)26(23,24)21-7-9-25-10-8-21/h2-6,12,14H,7-11,13H2,1H3. The average Bonchev–Trinajstić information content (AvgIpc) is 3.12. The van der Waals surface area contributed by atoms with Crippen LogP contribution in [0.15, 0.2) is 47.9 Å². The van der Waals surface area contributed by atoms with Gasteiger partial charge >= 0.3 is 0 Å². The van der Waals surface area contributed by atoms with Crippen molar-refractivity contribution in [3.05, 3.63) is 48.4 Å². The van der Waals surface area contributed by atoms with Crippen molar-refractivity contribution in [2.24, 2.45) is 0 Å². The number of benzene rings is 1. The van der Waals surface area contributed by atoms with Gasteiger partial charge in [0.1, 0.15) is 6.54 Å². The number of nitrogens with zero attached hydrogens (tertiary/aromatic N) is 4. The van der Waals surface area contributed by atoms with Crippen LogP contribution < -0.4 is 0 Å². The molecule has 2 heterocycles. The number of hydrogen-bond acceptors (Lipinski definition) is 5. The minimum atomic E-state index is -3.65. The number of ether oxygens (including phenoxy) is 1. The second-order valence-corrected chi connectivity index (χ2v) is 8.02. The van der Waals surface area contributed by atoms with Crippen LogP contribution in [0.25, 0.3) is 0 Å². The molecule has 0 radical (unpaired) electrons. The topological polar surface area (TPSA) is 84.7 Å². The van der Waals surface area contributed by atoms with E-state index in [9.17, 15) is 13.2 Å². The largest absolute Gasteiger partial charge is 0.379 e. The van der Waals surface area contributed by atoms with E-state index in [1.165, 1.54) is 21.4 Å². The van der Waals surface area contributed by atoms with Gasteiger partial charge < -0.3 is 14.2 Å². The van der Waals surface area contributed by atoms with Crippen molar-refractivity contribution < 1.29 is 17.9 Å². The van der Waals surface area contributed by atoms with Gasteiger partial charge in [0.25, 0.3) is 10.0 Å². The van der Waals surface area contributed by atoms with Crippen LogP contribution in [0.1, 0.15) is 5.56 Å². The van der Waals surface area contributed by atoms with Crippen molar-refractivity contribution in [3.63, 3.8) is 0 Å². The summed E-state index contributed by atoms with van der Waals surface area (Å²) in [7, 11) is -1.93. The van der Waals surface area contributed by atoms with Crippen LogP contribution in [-0.2, 0) is 32.6 Å². The van der Waals surface area contributed by atoms with Crippen molar-refractivity contribution >= 4 is 15.9 Å². The lowest BCUT2D eigenvalue weighted by atomic mass is 10.2. The number of morpholine rings is 1. The summed E-state index contributed by atoms with van der Waals surface area (Å²) in [5.74, 6) is -0.124. The minimum absolute atomic E-state index is 0.0367. The van der Waals surface area contributed by atoms with Gasteiger partial charge in [0.05, 0.1) is 19.5 Å². The molecule has 1 saturated heterocycles. The molecule has 0 atom stereocenters. The Kier molecular flexibility index (Phi) is 5.70. The van der Waals surface area contributed by atoms with Crippen LogP contribution in [0.2, 0.25) is 0 Å². The third kappa shape index (κ3) is 4.29. The van der Waals surface area contributed by atoms with Crippen molar-refractivity contribution in [3.8, 4) is 0 Å². The zero-order valence-corrected chi connectivity index (χ0v) is 15.4. The van der Waals surface area contributed by atoms with E-state index in [1.54, 1.807) is 11.9 Å². The Hall–Kier alpha value is -2.23. The summed E-state index contributed by atoms with van der Waals surface area (Å²) in [6.07, 6.45) is 2.78. The first-order valence-electron chi connectivity index (χ1n) is 8.34. The molecule has 26 heavy (non-hydrogen) atoms. The number of sulfonamides is 1. The predicted octanol–water partition coefficient (Wildman–Crippen LogP) is 0.563. The van der Waals surface area contributed by atoms with Crippen molar-refractivity contribution in [2.45, 2.75) is 18.1 Å². The molecular formula is C17H22N4O4S. The number of imidazole rings is 1. The first-order chi connectivity index (χ1) is 12.5. The summed E-state index contributed by atoms with van der Waals surface area (Å²) < 4.78 is 33.2. The van der Waals surface area contributed by atoms with Gasteiger partial charge in [-0.1, -0.05) is 30.3 Å². The first-order valence-corrected chi connectivity index (χ1v) is 9.78. The maximum atomic E-state index is 12.6. The summed E-state index contributed by atoms with van der Waals surface area (Å²) in [4.78, 5) is 18.0. The number of carbonyl (C=O) groups excluding carboxylic acids is 1. The predicted molar refractivity (Wildman–Crippen MR) is 94.7 cm³/mol. The highest BCUT2D eigenvalue weighted by Gasteiger charge is 2.28. The van der Waals surface area contributed by atoms with Crippen LogP contribution in [0.4, 0.5) is 0 Å². The molecular weight excluding hydrogens is 356 g/mol. The van der Waals surface area contributed by atoms with Gasteiger partial charge in [-0.3, -0.25) is 4.79 Å². The lowest BCUT2D eigenvalue weighted by Gasteiger charge is -2.24. The highest BCUT2D eigenvalue weighted by molar-refractivity contribution is 7.89. The van der Waals surface area contributed by atoms with Crippen LogP contribution in [0.5, 0.6) is 0 Å². The Labute approximate surface area is 153 Å². The molecule has 1 fully saturated rings. The van der Waals surface area contributed by atoms with Crippen molar-refractivity contribution in [1.82, 2.24) is 18.8 Å². The second-order valence-electron chi connectivity index (χ2n) is 6.14. The Balaban J connectivity index is 1.63. The molecule has 0 N–H and O–H groups in total. The van der Waals surface area contributed by atoms with Gasteiger partial charge in [0.15, 0.2) is 5.03 Å². The molecule has 8 nitrogen and oxygen atoms in total. The zero-order chi connectivity index (χ0) is 18.6. The average molecular weight is 378 g/mol. The summed E-state index contributed by atoms with van der Waals surface area (Å²) in [6.45, 7) is 1.91. The van der Waals surface area contributed by atoms with Gasteiger partial charge in [-0.2, -0.15) is 4.31 Å². The highest BCUT2D eigenvalue weighted by atomic mass is 32.2. The Bertz CT molecular complexity index is 845. The number of amides is 1. The Morgan fingerprint density at radius 3 is 2.62 bits per heavy atom. The summed E-state index contributed by atoms with van der Waals surface area (Å²) >= 11 is 0. The lowest BCUT2D eigenvalue weighted by Crippen LogP contribution is -2.40. The Morgan fingerprint density at radius 1 is 1.23 bits per heavy atom. The number of likely N-dealkylation sites (N-methyl/N-ethyl adjacent to an activating group) is 1. The fourth-order valence-corrected chi connectivity index (χ4v) is 4.04. The molecule has 0 unspecified atom stereocenters. The van der Waals surface area contributed by atoms with E-state index in [4.69, 9.17) is 4.74 Å². The number of carbonyl (C=O) groups is 1. The first kappa shape index (κ1) is 18.6. The van der Waals surface area contributed by atoms with E-state index in [0.29, 0.717) is 32.8 Å². The molecule has 3 rings (SSSR count). The van der Waals surface area contributed by atoms with Gasteiger partial charge in [0, 0.05) is 32.9 Å². The maximum absolute atomic E-state index is 12.6. The molecule has 9 heteroatoms. The van der Waals surface area contributed by atoms with Gasteiger partial charge in [-0.05, 0) is 5.56 Å². The molecule has 2 aromatic rings. The molecule has 1 amide bonds. The van der Waals surface area contributed by atoms with Crippen LogP contribution >= 0.6 is 0 Å². The van der Waals surface area contributed by atoms with Gasteiger partial charge in [-0.15, -0.1) is 0 Å². The third-order valence-electron chi connectivity index (χ3n) is 4.19. The number of aromatic nitrogens is 2. The van der Waals surface area contributed by atoms with Gasteiger partial charge in [-0.25, -0.2) is 13.4 Å². The monoisotopic (exact) mass is 378 g/mol. The van der Waals surface area contributed by atoms with Crippen LogP contribution in [0, 0.1) is 0 Å². The fraction of sp³-hybridized carbons (Fsp3) is 0.412. The normalized spacial score (nSPS) is 15.7. The van der Waals surface area contributed by atoms with E-state index in [1.807, 2.05) is 30.3 Å². The third-order valence-corrected chi connectivity index (χ3v) is 5.97. The summed E-state index contributed by atoms with van der Waals surface area (Å²) in [6, 6.07) is 9.67. The minimum Gasteiger partial charge on any atom is -0.379 e. The number of rotatable bonds is 6.